The SMILES string of the molecule is CCCCCC/C=C\C=C/CCCCCCCC(=O)O[C@H](COC(=O)CCCCCCCCCCC)COP(=O)(O)OC[C@H](O)COP(=O)(O)OC[C@@H](COC(=O)CCCCCCCCCCCCCCCCC(C)CC)OC(=O)CCCCCCCCCCCCCCCCCCCCC(C)CC. The predicted octanol–water partition coefficient (Wildman–Crippen LogP) is 25.4. The lowest BCUT2D eigenvalue weighted by molar-refractivity contribution is -0.161. The van der Waals surface area contributed by atoms with Gasteiger partial charge in [0.1, 0.15) is 19.3 Å². The molecule has 0 fully saturated rings. The maximum absolute atomic E-state index is 13.1. The van der Waals surface area contributed by atoms with E-state index >= 15 is 0 Å². The van der Waals surface area contributed by atoms with E-state index in [2.05, 4.69) is 65.8 Å². The number of carbonyl (C=O) groups is 4. The van der Waals surface area contributed by atoms with Crippen molar-refractivity contribution in [3.05, 3.63) is 24.3 Å². The van der Waals surface area contributed by atoms with Crippen LogP contribution in [-0.4, -0.2) is 96.7 Å². The summed E-state index contributed by atoms with van der Waals surface area (Å²) in [7, 11) is -9.94. The normalized spacial score (nSPS) is 14.5. The molecule has 19 heteroatoms. The zero-order valence-electron chi connectivity index (χ0n) is 67.8. The Hall–Kier alpha value is -2.46. The van der Waals surface area contributed by atoms with Gasteiger partial charge in [0.2, 0.25) is 0 Å². The summed E-state index contributed by atoms with van der Waals surface area (Å²) in [6.07, 6.45) is 70.1. The van der Waals surface area contributed by atoms with E-state index in [0.29, 0.717) is 25.7 Å². The molecule has 614 valence electrons. The van der Waals surface area contributed by atoms with E-state index in [9.17, 15) is 43.2 Å². The molecule has 0 rings (SSSR count). The average molecular weight is 1520 g/mol. The molecule has 0 aliphatic heterocycles. The number of ether oxygens (including phenoxy) is 4. The number of rotatable bonds is 82. The molecule has 7 atom stereocenters. The van der Waals surface area contributed by atoms with Gasteiger partial charge in [0.25, 0.3) is 0 Å². The van der Waals surface area contributed by atoms with Crippen LogP contribution in [0.1, 0.15) is 427 Å². The first-order valence-corrected chi connectivity index (χ1v) is 46.4. The molecule has 0 aliphatic carbocycles. The number of hydrogen-bond donors (Lipinski definition) is 3. The summed E-state index contributed by atoms with van der Waals surface area (Å²) >= 11 is 0. The zero-order chi connectivity index (χ0) is 76.4. The van der Waals surface area contributed by atoms with Gasteiger partial charge in [-0.15, -0.1) is 0 Å². The fraction of sp³-hybridized carbons (Fsp3) is 0.906. The maximum atomic E-state index is 13.1. The summed E-state index contributed by atoms with van der Waals surface area (Å²) in [6, 6.07) is 0. The van der Waals surface area contributed by atoms with E-state index < -0.39 is 97.5 Å². The molecule has 0 aromatic heterocycles. The molecule has 0 bridgehead atoms. The van der Waals surface area contributed by atoms with Gasteiger partial charge in [-0.1, -0.05) is 374 Å². The molecule has 0 aromatic rings. The number of hydrogen-bond acceptors (Lipinski definition) is 15. The lowest BCUT2D eigenvalue weighted by atomic mass is 9.99. The fourth-order valence-electron chi connectivity index (χ4n) is 12.6. The Bertz CT molecular complexity index is 2090. The summed E-state index contributed by atoms with van der Waals surface area (Å²) in [4.78, 5) is 73.1. The third kappa shape index (κ3) is 75.0. The van der Waals surface area contributed by atoms with E-state index in [4.69, 9.17) is 37.0 Å². The first kappa shape index (κ1) is 102. The van der Waals surface area contributed by atoms with Crippen molar-refractivity contribution in [2.75, 3.05) is 39.6 Å². The average Bonchev–Trinajstić information content (AvgIpc) is 0.911. The van der Waals surface area contributed by atoms with E-state index in [1.54, 1.807) is 0 Å². The minimum absolute atomic E-state index is 0.0852. The number of phosphoric ester groups is 2. The van der Waals surface area contributed by atoms with Crippen molar-refractivity contribution in [2.45, 2.75) is 445 Å². The molecular weight excluding hydrogens is 1350 g/mol. The molecule has 4 unspecified atom stereocenters. The van der Waals surface area contributed by atoms with Crippen LogP contribution in [0.2, 0.25) is 0 Å². The molecular formula is C85H162O17P2. The summed E-state index contributed by atoms with van der Waals surface area (Å²) in [5, 5.41) is 10.7. The van der Waals surface area contributed by atoms with Gasteiger partial charge in [0.15, 0.2) is 12.2 Å². The second-order valence-electron chi connectivity index (χ2n) is 30.4. The van der Waals surface area contributed by atoms with Crippen LogP contribution in [0.5, 0.6) is 0 Å². The van der Waals surface area contributed by atoms with Crippen LogP contribution < -0.4 is 0 Å². The van der Waals surface area contributed by atoms with Crippen molar-refractivity contribution in [2.24, 2.45) is 11.8 Å². The van der Waals surface area contributed by atoms with E-state index in [0.717, 1.165) is 115 Å². The molecule has 0 aliphatic rings. The minimum atomic E-state index is -4.97. The zero-order valence-corrected chi connectivity index (χ0v) is 69.6. The van der Waals surface area contributed by atoms with Crippen molar-refractivity contribution in [3.8, 4) is 0 Å². The van der Waals surface area contributed by atoms with Crippen molar-refractivity contribution in [1.82, 2.24) is 0 Å². The van der Waals surface area contributed by atoms with Gasteiger partial charge in [0.05, 0.1) is 26.4 Å². The first-order valence-electron chi connectivity index (χ1n) is 43.4. The van der Waals surface area contributed by atoms with Gasteiger partial charge >= 0.3 is 39.5 Å². The Morgan fingerprint density at radius 2 is 0.538 bits per heavy atom. The Morgan fingerprint density at radius 1 is 0.308 bits per heavy atom. The summed E-state index contributed by atoms with van der Waals surface area (Å²) < 4.78 is 68.7. The lowest BCUT2D eigenvalue weighted by Gasteiger charge is -2.21. The van der Waals surface area contributed by atoms with E-state index in [1.165, 1.54) is 231 Å². The highest BCUT2D eigenvalue weighted by Crippen LogP contribution is 2.45. The van der Waals surface area contributed by atoms with Crippen LogP contribution in [0, 0.1) is 11.8 Å². The van der Waals surface area contributed by atoms with Crippen LogP contribution in [0.3, 0.4) is 0 Å². The largest absolute Gasteiger partial charge is 0.472 e. The van der Waals surface area contributed by atoms with Gasteiger partial charge in [-0.25, -0.2) is 9.13 Å². The number of phosphoric acid groups is 2. The molecule has 0 amide bonds. The van der Waals surface area contributed by atoms with Crippen LogP contribution in [0.25, 0.3) is 0 Å². The van der Waals surface area contributed by atoms with E-state index in [-0.39, 0.29) is 25.7 Å². The van der Waals surface area contributed by atoms with Gasteiger partial charge in [-0.3, -0.25) is 37.3 Å². The third-order valence-corrected chi connectivity index (χ3v) is 22.0. The number of unbranched alkanes of at least 4 members (excludes halogenated alkanes) is 47. The molecule has 0 heterocycles. The van der Waals surface area contributed by atoms with Crippen molar-refractivity contribution in [1.29, 1.82) is 0 Å². The van der Waals surface area contributed by atoms with Crippen LogP contribution in [-0.2, 0) is 65.4 Å². The van der Waals surface area contributed by atoms with Gasteiger partial charge in [0, 0.05) is 25.7 Å². The van der Waals surface area contributed by atoms with Crippen LogP contribution >= 0.6 is 15.6 Å². The number of esters is 4. The molecule has 0 radical (unpaired) electrons. The summed E-state index contributed by atoms with van der Waals surface area (Å²) in [6.45, 7) is 9.70. The molecule has 0 spiro atoms. The highest BCUT2D eigenvalue weighted by molar-refractivity contribution is 7.47. The smallest absolute Gasteiger partial charge is 0.462 e. The minimum Gasteiger partial charge on any atom is -0.462 e. The lowest BCUT2D eigenvalue weighted by Crippen LogP contribution is -2.30. The molecule has 104 heavy (non-hydrogen) atoms. The quantitative estimate of drug-likeness (QED) is 0.0169. The fourth-order valence-corrected chi connectivity index (χ4v) is 14.2. The monoisotopic (exact) mass is 1520 g/mol. The second kappa shape index (κ2) is 75.9. The standard InChI is InChI=1S/C85H162O17P2/c1-7-11-13-15-17-19-20-21-26-34-39-45-51-57-63-69-84(89)101-80(73-95-82(87)67-61-55-49-41-18-16-14-12-8-2)75-99-103(91,92)97-71-79(86)72-98-104(93,94)100-76-81(74-96-83(88)68-62-56-50-44-38-33-30-29-32-37-43-48-54-60-66-78(6)10-4)102-85(90)70-64-58-52-46-40-35-28-25-23-22-24-27-31-36-42-47-53-59-65-77(5)9-3/h19-21,26,77-81,86H,7-18,22-25,27-76H2,1-6H3,(H,91,92)(H,93,94)/b20-19-,26-21-/t77?,78?,79-,80+,81+/m0/s1. The van der Waals surface area contributed by atoms with Gasteiger partial charge < -0.3 is 33.8 Å². The molecule has 0 saturated carbocycles. The van der Waals surface area contributed by atoms with Gasteiger partial charge in [-0.2, -0.15) is 0 Å². The Balaban J connectivity index is 5.24. The highest BCUT2D eigenvalue weighted by atomic mass is 31.2. The maximum Gasteiger partial charge on any atom is 0.472 e. The number of aliphatic hydroxyl groups is 1. The third-order valence-electron chi connectivity index (χ3n) is 20.1. The predicted molar refractivity (Wildman–Crippen MR) is 427 cm³/mol. The van der Waals surface area contributed by atoms with Crippen molar-refractivity contribution in [3.63, 3.8) is 0 Å². The topological polar surface area (TPSA) is 237 Å². The number of allylic oxidation sites excluding steroid dienone is 4. The van der Waals surface area contributed by atoms with E-state index in [1.807, 2.05) is 0 Å². The van der Waals surface area contributed by atoms with Crippen molar-refractivity contribution >= 4 is 39.5 Å². The molecule has 0 saturated heterocycles. The molecule has 17 nitrogen and oxygen atoms in total. The summed E-state index contributed by atoms with van der Waals surface area (Å²) in [5.41, 5.74) is 0. The van der Waals surface area contributed by atoms with Gasteiger partial charge in [-0.05, 0) is 63.2 Å². The summed E-state index contributed by atoms with van der Waals surface area (Å²) in [5.74, 6) is -0.417. The second-order valence-corrected chi connectivity index (χ2v) is 33.3. The van der Waals surface area contributed by atoms with Crippen LogP contribution in [0.4, 0.5) is 0 Å². The van der Waals surface area contributed by atoms with Crippen molar-refractivity contribution < 1.29 is 80.2 Å². The van der Waals surface area contributed by atoms with Crippen LogP contribution in [0.15, 0.2) is 24.3 Å². The Labute approximate surface area is 637 Å². The molecule has 3 N–H and O–H groups in total. The molecule has 0 aromatic carbocycles. The Morgan fingerprint density at radius 3 is 0.817 bits per heavy atom. The Kier molecular flexibility index (Phi) is 74.1. The number of aliphatic hydroxyl groups excluding tert-OH is 1. The first-order chi connectivity index (χ1) is 50.4. The number of carbonyl (C=O) groups excluding carboxylic acids is 4. The highest BCUT2D eigenvalue weighted by Gasteiger charge is 2.30.